The summed E-state index contributed by atoms with van der Waals surface area (Å²) < 4.78 is 19.9. The Morgan fingerprint density at radius 3 is 2.63 bits per heavy atom. The van der Waals surface area contributed by atoms with Gasteiger partial charge in [-0.3, -0.25) is 9.59 Å². The SMILES string of the molecule is O=C(NCC1CCCO1)c1ccc(C=C2Sc3ccccc3N(Cc3ccccc3F)C2=O)cc1. The van der Waals surface area contributed by atoms with Crippen LogP contribution in [0, 0.1) is 5.82 Å². The van der Waals surface area contributed by atoms with Gasteiger partial charge < -0.3 is 15.0 Å². The van der Waals surface area contributed by atoms with Crippen LogP contribution in [0.15, 0.2) is 82.6 Å². The number of thioether (sulfide) groups is 1. The number of hydrogen-bond donors (Lipinski definition) is 1. The minimum absolute atomic E-state index is 0.0903. The molecule has 1 saturated heterocycles. The highest BCUT2D eigenvalue weighted by atomic mass is 32.2. The Balaban J connectivity index is 1.34. The summed E-state index contributed by atoms with van der Waals surface area (Å²) >= 11 is 1.39. The smallest absolute Gasteiger partial charge is 0.265 e. The van der Waals surface area contributed by atoms with E-state index in [4.69, 9.17) is 4.74 Å². The number of nitrogens with zero attached hydrogens (tertiary/aromatic N) is 1. The van der Waals surface area contributed by atoms with Crippen molar-refractivity contribution in [1.82, 2.24) is 5.32 Å². The van der Waals surface area contributed by atoms with Crippen molar-refractivity contribution in [1.29, 1.82) is 0 Å². The summed E-state index contributed by atoms with van der Waals surface area (Å²) in [5.41, 5.74) is 2.59. The largest absolute Gasteiger partial charge is 0.376 e. The van der Waals surface area contributed by atoms with E-state index in [2.05, 4.69) is 5.32 Å². The molecule has 3 aromatic carbocycles. The quantitative estimate of drug-likeness (QED) is 0.471. The van der Waals surface area contributed by atoms with Crippen molar-refractivity contribution in [3.63, 3.8) is 0 Å². The number of rotatable bonds is 6. The molecule has 2 aliphatic heterocycles. The number of benzene rings is 3. The van der Waals surface area contributed by atoms with E-state index in [-0.39, 0.29) is 30.3 Å². The lowest BCUT2D eigenvalue weighted by atomic mass is 10.1. The summed E-state index contributed by atoms with van der Waals surface area (Å²) in [6.45, 7) is 1.40. The maximum absolute atomic E-state index is 14.3. The van der Waals surface area contributed by atoms with Gasteiger partial charge in [-0.25, -0.2) is 4.39 Å². The second-order valence-electron chi connectivity index (χ2n) is 8.53. The molecule has 3 aromatic rings. The predicted molar refractivity (Wildman–Crippen MR) is 136 cm³/mol. The maximum atomic E-state index is 14.3. The van der Waals surface area contributed by atoms with Crippen molar-refractivity contribution in [2.45, 2.75) is 30.4 Å². The Bertz CT molecular complexity index is 1270. The van der Waals surface area contributed by atoms with Crippen molar-refractivity contribution < 1.29 is 18.7 Å². The average molecular weight is 489 g/mol. The Morgan fingerprint density at radius 1 is 1.09 bits per heavy atom. The summed E-state index contributed by atoms with van der Waals surface area (Å²) in [5, 5.41) is 2.92. The summed E-state index contributed by atoms with van der Waals surface area (Å²) in [7, 11) is 0. The van der Waals surface area contributed by atoms with Gasteiger partial charge in [-0.15, -0.1) is 0 Å². The molecule has 0 radical (unpaired) electrons. The van der Waals surface area contributed by atoms with Crippen molar-refractivity contribution in [3.05, 3.63) is 100 Å². The zero-order valence-electron chi connectivity index (χ0n) is 19.1. The molecule has 2 amide bonds. The van der Waals surface area contributed by atoms with Crippen molar-refractivity contribution in [3.8, 4) is 0 Å². The highest BCUT2D eigenvalue weighted by molar-refractivity contribution is 8.04. The summed E-state index contributed by atoms with van der Waals surface area (Å²) in [6, 6.07) is 21.3. The number of anilines is 1. The van der Waals surface area contributed by atoms with Crippen LogP contribution in [-0.4, -0.2) is 31.1 Å². The summed E-state index contributed by atoms with van der Waals surface area (Å²) in [4.78, 5) is 29.0. The van der Waals surface area contributed by atoms with Crippen LogP contribution in [0.2, 0.25) is 0 Å². The lowest BCUT2D eigenvalue weighted by Crippen LogP contribution is -2.34. The van der Waals surface area contributed by atoms with Gasteiger partial charge in [0.25, 0.3) is 11.8 Å². The molecular formula is C28H25FN2O3S. The molecule has 0 spiro atoms. The second-order valence-corrected chi connectivity index (χ2v) is 9.61. The highest BCUT2D eigenvalue weighted by Gasteiger charge is 2.29. The van der Waals surface area contributed by atoms with Crippen LogP contribution in [0.1, 0.15) is 34.3 Å². The van der Waals surface area contributed by atoms with E-state index in [1.54, 1.807) is 35.2 Å². The average Bonchev–Trinajstić information content (AvgIpc) is 3.40. The lowest BCUT2D eigenvalue weighted by Gasteiger charge is -2.30. The molecule has 1 fully saturated rings. The normalized spacial score (nSPS) is 18.5. The van der Waals surface area contributed by atoms with Crippen molar-refractivity contribution in [2.75, 3.05) is 18.1 Å². The summed E-state index contributed by atoms with van der Waals surface area (Å²) in [6.07, 6.45) is 3.90. The number of halogens is 1. The third-order valence-corrected chi connectivity index (χ3v) is 7.18. The molecule has 1 N–H and O–H groups in total. The van der Waals surface area contributed by atoms with Crippen LogP contribution in [0.5, 0.6) is 0 Å². The molecule has 5 rings (SSSR count). The van der Waals surface area contributed by atoms with E-state index >= 15 is 0 Å². The van der Waals surface area contributed by atoms with E-state index in [0.717, 1.165) is 35.6 Å². The molecule has 0 aromatic heterocycles. The number of carbonyl (C=O) groups is 2. The van der Waals surface area contributed by atoms with E-state index in [0.29, 0.717) is 22.6 Å². The topological polar surface area (TPSA) is 58.6 Å². The lowest BCUT2D eigenvalue weighted by molar-refractivity contribution is -0.114. The first-order valence-corrected chi connectivity index (χ1v) is 12.4. The molecule has 2 heterocycles. The van der Waals surface area contributed by atoms with Gasteiger partial charge in [0.2, 0.25) is 0 Å². The van der Waals surface area contributed by atoms with Gasteiger partial charge in [0, 0.05) is 29.2 Å². The van der Waals surface area contributed by atoms with Crippen LogP contribution in [0.3, 0.4) is 0 Å². The van der Waals surface area contributed by atoms with E-state index in [1.807, 2.05) is 42.5 Å². The van der Waals surface area contributed by atoms with Gasteiger partial charge in [0.05, 0.1) is 23.2 Å². The van der Waals surface area contributed by atoms with Crippen molar-refractivity contribution in [2.24, 2.45) is 0 Å². The molecule has 1 unspecified atom stereocenters. The zero-order chi connectivity index (χ0) is 24.2. The van der Waals surface area contributed by atoms with Gasteiger partial charge in [-0.1, -0.05) is 54.2 Å². The molecule has 7 heteroatoms. The first-order chi connectivity index (χ1) is 17.1. The number of amides is 2. The number of hydrogen-bond acceptors (Lipinski definition) is 4. The Labute approximate surface area is 208 Å². The third kappa shape index (κ3) is 5.31. The minimum atomic E-state index is -0.338. The molecule has 0 saturated carbocycles. The Kier molecular flexibility index (Phi) is 6.97. The van der Waals surface area contributed by atoms with Crippen LogP contribution in [0.25, 0.3) is 6.08 Å². The van der Waals surface area contributed by atoms with E-state index in [1.165, 1.54) is 17.8 Å². The summed E-state index contributed by atoms with van der Waals surface area (Å²) in [5.74, 6) is -0.668. The van der Waals surface area contributed by atoms with Gasteiger partial charge in [0.15, 0.2) is 0 Å². The van der Waals surface area contributed by atoms with Crippen LogP contribution in [-0.2, 0) is 16.1 Å². The zero-order valence-corrected chi connectivity index (χ0v) is 19.9. The molecule has 0 aliphatic carbocycles. The number of nitrogens with one attached hydrogen (secondary N) is 1. The molecular weight excluding hydrogens is 463 g/mol. The second kappa shape index (κ2) is 10.5. The number of ether oxygens (including phenoxy) is 1. The monoisotopic (exact) mass is 488 g/mol. The molecule has 2 aliphatic rings. The van der Waals surface area contributed by atoms with Gasteiger partial charge in [-0.05, 0) is 54.8 Å². The molecule has 0 bridgehead atoms. The highest BCUT2D eigenvalue weighted by Crippen LogP contribution is 2.42. The Hall–Kier alpha value is -3.42. The molecule has 35 heavy (non-hydrogen) atoms. The third-order valence-electron chi connectivity index (χ3n) is 6.10. The molecule has 5 nitrogen and oxygen atoms in total. The van der Waals surface area contributed by atoms with Gasteiger partial charge in [0.1, 0.15) is 5.82 Å². The maximum Gasteiger partial charge on any atom is 0.265 e. The van der Waals surface area contributed by atoms with E-state index < -0.39 is 0 Å². The van der Waals surface area contributed by atoms with Crippen LogP contribution in [0.4, 0.5) is 10.1 Å². The fourth-order valence-corrected chi connectivity index (χ4v) is 5.27. The first kappa shape index (κ1) is 23.3. The van der Waals surface area contributed by atoms with Crippen LogP contribution < -0.4 is 10.2 Å². The van der Waals surface area contributed by atoms with Gasteiger partial charge in [-0.2, -0.15) is 0 Å². The standard InChI is InChI=1S/C28H25FN2O3S/c29-23-8-2-1-6-21(23)18-31-24-9-3-4-10-25(24)35-26(28(31)33)16-19-11-13-20(14-12-19)27(32)30-17-22-7-5-15-34-22/h1-4,6,8-14,16,22H,5,7,15,17-18H2,(H,30,32). The number of carbonyl (C=O) groups excluding carboxylic acids is 2. The number of fused-ring (bicyclic) bond motifs is 1. The fraction of sp³-hybridized carbons (Fsp3) is 0.214. The number of para-hydroxylation sites is 1. The molecule has 1 atom stereocenters. The fourth-order valence-electron chi connectivity index (χ4n) is 4.21. The minimum Gasteiger partial charge on any atom is -0.376 e. The van der Waals surface area contributed by atoms with E-state index in [9.17, 15) is 14.0 Å². The predicted octanol–water partition coefficient (Wildman–Crippen LogP) is 5.41. The first-order valence-electron chi connectivity index (χ1n) is 11.6. The van der Waals surface area contributed by atoms with Crippen molar-refractivity contribution >= 4 is 35.3 Å². The Morgan fingerprint density at radius 2 is 1.86 bits per heavy atom. The van der Waals surface area contributed by atoms with Crippen LogP contribution >= 0.6 is 11.8 Å². The molecule has 178 valence electrons. The van der Waals surface area contributed by atoms with Gasteiger partial charge >= 0.3 is 0 Å².